The zero-order valence-electron chi connectivity index (χ0n) is 15.3. The minimum Gasteiger partial charge on any atom is -0.508 e. The Morgan fingerprint density at radius 2 is 2.00 bits per heavy atom. The van der Waals surface area contributed by atoms with Gasteiger partial charge in [-0.25, -0.2) is 0 Å². The van der Waals surface area contributed by atoms with Crippen LogP contribution in [-0.2, 0) is 0 Å². The van der Waals surface area contributed by atoms with Crippen molar-refractivity contribution in [3.05, 3.63) is 47.0 Å². The third kappa shape index (κ3) is 2.77. The Balaban J connectivity index is 1.84. The number of aromatic hydroxyl groups is 2. The summed E-state index contributed by atoms with van der Waals surface area (Å²) in [6.07, 6.45) is 3.86. The van der Waals surface area contributed by atoms with Crippen LogP contribution in [0.3, 0.4) is 0 Å². The molecule has 0 radical (unpaired) electrons. The number of rotatable bonds is 2. The number of benzene rings is 2. The molecule has 6 heteroatoms. The fourth-order valence-electron chi connectivity index (χ4n) is 3.51. The van der Waals surface area contributed by atoms with Crippen molar-refractivity contribution in [1.82, 2.24) is 0 Å². The van der Waals surface area contributed by atoms with E-state index in [1.54, 1.807) is 19.2 Å². The van der Waals surface area contributed by atoms with E-state index in [1.807, 2.05) is 26.0 Å². The van der Waals surface area contributed by atoms with Crippen molar-refractivity contribution in [2.75, 3.05) is 13.7 Å². The van der Waals surface area contributed by atoms with Gasteiger partial charge in [-0.1, -0.05) is 6.07 Å². The minimum absolute atomic E-state index is 0.0687. The molecule has 2 N–H and O–H groups in total. The quantitative estimate of drug-likeness (QED) is 0.842. The molecule has 27 heavy (non-hydrogen) atoms. The van der Waals surface area contributed by atoms with Crippen LogP contribution in [0.1, 0.15) is 41.3 Å². The van der Waals surface area contributed by atoms with Gasteiger partial charge in [0.2, 0.25) is 0 Å². The van der Waals surface area contributed by atoms with Gasteiger partial charge in [-0.05, 0) is 32.1 Å². The van der Waals surface area contributed by atoms with Crippen molar-refractivity contribution in [3.63, 3.8) is 0 Å². The summed E-state index contributed by atoms with van der Waals surface area (Å²) in [7, 11) is 1.58. The van der Waals surface area contributed by atoms with Crippen molar-refractivity contribution >= 4 is 11.9 Å². The largest absolute Gasteiger partial charge is 0.508 e. The summed E-state index contributed by atoms with van der Waals surface area (Å²) >= 11 is 0. The first kappa shape index (κ1) is 17.3. The lowest BCUT2D eigenvalue weighted by molar-refractivity contribution is 0.0882. The first-order chi connectivity index (χ1) is 12.8. The number of carbonyl (C=O) groups excluding carboxylic acids is 1. The van der Waals surface area contributed by atoms with Crippen LogP contribution in [0.5, 0.6) is 28.7 Å². The third-order valence-corrected chi connectivity index (χ3v) is 4.83. The highest BCUT2D eigenvalue weighted by Gasteiger charge is 2.37. The highest BCUT2D eigenvalue weighted by atomic mass is 16.5. The van der Waals surface area contributed by atoms with Crippen molar-refractivity contribution < 1.29 is 29.2 Å². The maximum Gasteiger partial charge on any atom is 0.181 e. The number of hydrogen-bond donors (Lipinski definition) is 2. The lowest BCUT2D eigenvalue weighted by Gasteiger charge is -2.33. The van der Waals surface area contributed by atoms with Gasteiger partial charge in [0.1, 0.15) is 46.5 Å². The molecule has 0 bridgehead atoms. The number of fused-ring (bicyclic) bond motifs is 2. The van der Waals surface area contributed by atoms with Gasteiger partial charge >= 0.3 is 0 Å². The normalized spacial score (nSPS) is 19.5. The highest BCUT2D eigenvalue weighted by molar-refractivity contribution is 6.07. The highest BCUT2D eigenvalue weighted by Crippen LogP contribution is 2.46. The van der Waals surface area contributed by atoms with Crippen molar-refractivity contribution in [3.8, 4) is 28.7 Å². The van der Waals surface area contributed by atoms with E-state index in [4.69, 9.17) is 14.2 Å². The lowest BCUT2D eigenvalue weighted by atomic mass is 9.86. The topological polar surface area (TPSA) is 85.2 Å². The van der Waals surface area contributed by atoms with Crippen LogP contribution in [-0.4, -0.2) is 35.3 Å². The van der Waals surface area contributed by atoms with Crippen LogP contribution >= 0.6 is 0 Å². The Morgan fingerprint density at radius 1 is 1.22 bits per heavy atom. The number of phenolic OH excluding ortho intramolecular Hbond substituents is 2. The van der Waals surface area contributed by atoms with Crippen LogP contribution in [0.2, 0.25) is 0 Å². The first-order valence-corrected chi connectivity index (χ1v) is 8.63. The Kier molecular flexibility index (Phi) is 3.80. The lowest BCUT2D eigenvalue weighted by Crippen LogP contribution is -2.31. The summed E-state index contributed by atoms with van der Waals surface area (Å²) in [6.45, 7) is 3.94. The van der Waals surface area contributed by atoms with Gasteiger partial charge in [-0.3, -0.25) is 4.79 Å². The summed E-state index contributed by atoms with van der Waals surface area (Å²) in [5.41, 5.74) is 0.979. The smallest absolute Gasteiger partial charge is 0.181 e. The molecule has 1 atom stereocenters. The monoisotopic (exact) mass is 368 g/mol. The van der Waals surface area contributed by atoms with Gasteiger partial charge in [-0.2, -0.15) is 0 Å². The number of methoxy groups -OCH3 is 1. The van der Waals surface area contributed by atoms with E-state index in [0.29, 0.717) is 17.1 Å². The maximum absolute atomic E-state index is 13.1. The first-order valence-electron chi connectivity index (χ1n) is 8.63. The Hall–Kier alpha value is -3.15. The van der Waals surface area contributed by atoms with Gasteiger partial charge in [0, 0.05) is 17.7 Å². The molecule has 0 amide bonds. The SMILES string of the molecule is COc1ccc([C@H]2COc3cc(O)cc(O)c3C2=O)c2c1C=CC(C)(C)O2. The van der Waals surface area contributed by atoms with Crippen LogP contribution in [0.25, 0.3) is 6.08 Å². The predicted molar refractivity (Wildman–Crippen MR) is 99.1 cm³/mol. The number of ether oxygens (including phenoxy) is 3. The molecule has 2 aliphatic heterocycles. The number of carbonyl (C=O) groups is 1. The summed E-state index contributed by atoms with van der Waals surface area (Å²) in [5, 5.41) is 19.8. The molecule has 0 aromatic heterocycles. The van der Waals surface area contributed by atoms with Gasteiger partial charge in [0.25, 0.3) is 0 Å². The van der Waals surface area contributed by atoms with Gasteiger partial charge in [0.15, 0.2) is 5.78 Å². The van der Waals surface area contributed by atoms with E-state index in [-0.39, 0.29) is 35.2 Å². The van der Waals surface area contributed by atoms with E-state index in [1.165, 1.54) is 6.07 Å². The number of ketones is 1. The molecule has 0 spiro atoms. The molecule has 0 saturated heterocycles. The van der Waals surface area contributed by atoms with Gasteiger partial charge in [0.05, 0.1) is 18.6 Å². The van der Waals surface area contributed by atoms with Crippen molar-refractivity contribution in [2.24, 2.45) is 0 Å². The maximum atomic E-state index is 13.1. The standard InChI is InChI=1S/C21H20O6/c1-21(2)7-6-13-16(25-3)5-4-12(20(13)27-21)14-10-26-17-9-11(22)8-15(23)18(17)19(14)24/h4-9,14,22-23H,10H2,1-3H3/t14-/m1/s1. The summed E-state index contributed by atoms with van der Waals surface area (Å²) in [4.78, 5) is 13.1. The molecule has 0 fully saturated rings. The Bertz CT molecular complexity index is 973. The van der Waals surface area contributed by atoms with Crippen LogP contribution in [0, 0.1) is 0 Å². The molecule has 2 aliphatic rings. The average Bonchev–Trinajstić information content (AvgIpc) is 2.60. The van der Waals surface area contributed by atoms with E-state index in [2.05, 4.69) is 0 Å². The Morgan fingerprint density at radius 3 is 2.74 bits per heavy atom. The molecule has 2 aromatic carbocycles. The van der Waals surface area contributed by atoms with E-state index < -0.39 is 11.5 Å². The number of Topliss-reactive ketones (excluding diaryl/α,β-unsaturated/α-hetero) is 1. The fourth-order valence-corrected chi connectivity index (χ4v) is 3.51. The van der Waals surface area contributed by atoms with Crippen LogP contribution in [0.15, 0.2) is 30.3 Å². The fraction of sp³-hybridized carbons (Fsp3) is 0.286. The van der Waals surface area contributed by atoms with E-state index in [0.717, 1.165) is 11.6 Å². The van der Waals surface area contributed by atoms with Crippen molar-refractivity contribution in [1.29, 1.82) is 0 Å². The Labute approximate surface area is 156 Å². The second kappa shape index (κ2) is 5.94. The third-order valence-electron chi connectivity index (χ3n) is 4.83. The minimum atomic E-state index is -0.644. The molecule has 0 unspecified atom stereocenters. The molecule has 2 aromatic rings. The zero-order chi connectivity index (χ0) is 19.3. The second-order valence-electron chi connectivity index (χ2n) is 7.20. The summed E-state index contributed by atoms with van der Waals surface area (Å²) in [5.74, 6) is 0.0189. The molecule has 6 nitrogen and oxygen atoms in total. The number of phenols is 2. The molecular weight excluding hydrogens is 348 g/mol. The molecule has 140 valence electrons. The van der Waals surface area contributed by atoms with Crippen LogP contribution < -0.4 is 14.2 Å². The predicted octanol–water partition coefficient (Wildman–Crippen LogP) is 3.65. The van der Waals surface area contributed by atoms with E-state index >= 15 is 0 Å². The zero-order valence-corrected chi connectivity index (χ0v) is 15.3. The average molecular weight is 368 g/mol. The van der Waals surface area contributed by atoms with Gasteiger partial charge in [-0.15, -0.1) is 0 Å². The molecule has 2 heterocycles. The molecule has 0 saturated carbocycles. The molecule has 0 aliphatic carbocycles. The molecular formula is C21H20O6. The van der Waals surface area contributed by atoms with Gasteiger partial charge < -0.3 is 24.4 Å². The summed E-state index contributed by atoms with van der Waals surface area (Å²) in [6, 6.07) is 6.05. The molecule has 4 rings (SSSR count). The van der Waals surface area contributed by atoms with Crippen LogP contribution in [0.4, 0.5) is 0 Å². The summed E-state index contributed by atoms with van der Waals surface area (Å²) < 4.78 is 17.3. The van der Waals surface area contributed by atoms with E-state index in [9.17, 15) is 15.0 Å². The van der Waals surface area contributed by atoms with Crippen molar-refractivity contribution in [2.45, 2.75) is 25.4 Å². The second-order valence-corrected chi connectivity index (χ2v) is 7.20. The number of hydrogen-bond acceptors (Lipinski definition) is 6.